The van der Waals surface area contributed by atoms with Crippen molar-refractivity contribution >= 4 is 44.2 Å². The standard InChI is InChI=1S/C14H10ClF3N4OS/c1-6-3-4-7-8(5-6)24-13(19-7)20-12(23)10-9(15)11(14(16,17)18)22(2)21-10/h3-5H,1-2H3,(H,19,20,23). The Balaban J connectivity index is 1.92. The van der Waals surface area contributed by atoms with E-state index >= 15 is 0 Å². The van der Waals surface area contributed by atoms with Crippen LogP contribution in [0.15, 0.2) is 18.2 Å². The smallest absolute Gasteiger partial charge is 0.296 e. The lowest BCUT2D eigenvalue weighted by Crippen LogP contribution is -2.13. The SMILES string of the molecule is Cc1ccc2nc(NC(=O)c3nn(C)c(C(F)(F)F)c3Cl)sc2c1. The molecule has 24 heavy (non-hydrogen) atoms. The van der Waals surface area contributed by atoms with E-state index in [9.17, 15) is 18.0 Å². The quantitative estimate of drug-likeness (QED) is 0.729. The van der Waals surface area contributed by atoms with Gasteiger partial charge in [-0.15, -0.1) is 0 Å². The van der Waals surface area contributed by atoms with Crippen LogP contribution in [0, 0.1) is 6.92 Å². The van der Waals surface area contributed by atoms with Gasteiger partial charge in [-0.25, -0.2) is 4.98 Å². The minimum Gasteiger partial charge on any atom is -0.296 e. The molecular formula is C14H10ClF3N4OS. The summed E-state index contributed by atoms with van der Waals surface area (Å²) in [5.41, 5.74) is 0.0479. The molecule has 0 aliphatic rings. The highest BCUT2D eigenvalue weighted by Gasteiger charge is 2.40. The van der Waals surface area contributed by atoms with Crippen LogP contribution in [0.2, 0.25) is 5.02 Å². The van der Waals surface area contributed by atoms with Crippen LogP contribution in [0.1, 0.15) is 21.7 Å². The summed E-state index contributed by atoms with van der Waals surface area (Å²) in [7, 11) is 1.08. The van der Waals surface area contributed by atoms with Gasteiger partial charge in [0.1, 0.15) is 5.02 Å². The van der Waals surface area contributed by atoms with Gasteiger partial charge in [0.25, 0.3) is 5.91 Å². The van der Waals surface area contributed by atoms with Crippen LogP contribution in [-0.2, 0) is 13.2 Å². The Morgan fingerprint density at radius 3 is 2.71 bits per heavy atom. The number of thiazole rings is 1. The minimum atomic E-state index is -4.70. The summed E-state index contributed by atoms with van der Waals surface area (Å²) in [6.45, 7) is 1.92. The average molecular weight is 375 g/mol. The number of anilines is 1. The number of rotatable bonds is 2. The Kier molecular flexibility index (Phi) is 4.00. The van der Waals surface area contributed by atoms with Crippen LogP contribution in [0.25, 0.3) is 10.2 Å². The van der Waals surface area contributed by atoms with Crippen molar-refractivity contribution in [2.75, 3.05) is 5.32 Å². The second-order valence-electron chi connectivity index (χ2n) is 5.08. The molecule has 0 aliphatic heterocycles. The number of carbonyl (C=O) groups is 1. The molecule has 0 spiro atoms. The van der Waals surface area contributed by atoms with Gasteiger partial charge >= 0.3 is 6.18 Å². The zero-order valence-corrected chi connectivity index (χ0v) is 14.0. The van der Waals surface area contributed by atoms with Gasteiger partial charge in [0.2, 0.25) is 0 Å². The summed E-state index contributed by atoms with van der Waals surface area (Å²) < 4.78 is 40.1. The number of aryl methyl sites for hydroxylation is 2. The van der Waals surface area contributed by atoms with E-state index in [1.54, 1.807) is 6.07 Å². The van der Waals surface area contributed by atoms with Crippen LogP contribution in [0.5, 0.6) is 0 Å². The van der Waals surface area contributed by atoms with E-state index in [4.69, 9.17) is 11.6 Å². The van der Waals surface area contributed by atoms with E-state index in [1.165, 1.54) is 11.3 Å². The van der Waals surface area contributed by atoms with E-state index < -0.39 is 28.5 Å². The van der Waals surface area contributed by atoms with Crippen molar-refractivity contribution in [2.45, 2.75) is 13.1 Å². The number of carbonyl (C=O) groups excluding carboxylic acids is 1. The molecule has 2 aromatic heterocycles. The maximum Gasteiger partial charge on any atom is 0.434 e. The normalized spacial score (nSPS) is 11.9. The molecule has 3 aromatic rings. The third-order valence-corrected chi connectivity index (χ3v) is 4.53. The number of hydrogen-bond acceptors (Lipinski definition) is 4. The number of nitrogens with zero attached hydrogens (tertiary/aromatic N) is 3. The first kappa shape index (κ1) is 16.7. The fourth-order valence-electron chi connectivity index (χ4n) is 2.19. The van der Waals surface area contributed by atoms with E-state index in [0.717, 1.165) is 17.3 Å². The number of fused-ring (bicyclic) bond motifs is 1. The first-order valence-electron chi connectivity index (χ1n) is 6.65. The van der Waals surface area contributed by atoms with Crippen LogP contribution >= 0.6 is 22.9 Å². The summed E-state index contributed by atoms with van der Waals surface area (Å²) in [5.74, 6) is -0.845. The van der Waals surface area contributed by atoms with E-state index in [0.29, 0.717) is 10.2 Å². The molecule has 126 valence electrons. The summed E-state index contributed by atoms with van der Waals surface area (Å²) >= 11 is 6.91. The van der Waals surface area contributed by atoms with Crippen LogP contribution in [0.3, 0.4) is 0 Å². The highest BCUT2D eigenvalue weighted by molar-refractivity contribution is 7.22. The Morgan fingerprint density at radius 1 is 1.38 bits per heavy atom. The van der Waals surface area contributed by atoms with Crippen molar-refractivity contribution in [2.24, 2.45) is 7.05 Å². The lowest BCUT2D eigenvalue weighted by Gasteiger charge is -2.06. The molecule has 0 unspecified atom stereocenters. The first-order chi connectivity index (χ1) is 11.2. The van der Waals surface area contributed by atoms with Crippen molar-refractivity contribution in [3.8, 4) is 0 Å². The predicted octanol–water partition coefficient (Wildman–Crippen LogP) is 4.26. The molecular weight excluding hydrogens is 365 g/mol. The largest absolute Gasteiger partial charge is 0.434 e. The molecule has 0 atom stereocenters. The maximum atomic E-state index is 12.9. The number of aromatic nitrogens is 3. The highest BCUT2D eigenvalue weighted by Crippen LogP contribution is 2.36. The van der Waals surface area contributed by atoms with Crippen LogP contribution in [0.4, 0.5) is 18.3 Å². The van der Waals surface area contributed by atoms with Crippen molar-refractivity contribution in [1.82, 2.24) is 14.8 Å². The number of benzene rings is 1. The first-order valence-corrected chi connectivity index (χ1v) is 7.84. The third kappa shape index (κ3) is 2.96. The van der Waals surface area contributed by atoms with Crippen molar-refractivity contribution in [1.29, 1.82) is 0 Å². The van der Waals surface area contributed by atoms with Gasteiger partial charge in [0.15, 0.2) is 16.5 Å². The molecule has 3 rings (SSSR count). The number of halogens is 4. The molecule has 0 bridgehead atoms. The second-order valence-corrected chi connectivity index (χ2v) is 6.49. The topological polar surface area (TPSA) is 59.8 Å². The Hall–Kier alpha value is -2.13. The van der Waals surface area contributed by atoms with E-state index in [2.05, 4.69) is 15.4 Å². The molecule has 0 fully saturated rings. The van der Waals surface area contributed by atoms with Gasteiger partial charge < -0.3 is 0 Å². The van der Waals surface area contributed by atoms with Crippen molar-refractivity contribution < 1.29 is 18.0 Å². The summed E-state index contributed by atoms with van der Waals surface area (Å²) in [5, 5.41) is 5.53. The van der Waals surface area contributed by atoms with Gasteiger partial charge in [-0.1, -0.05) is 29.0 Å². The summed E-state index contributed by atoms with van der Waals surface area (Å²) in [6, 6.07) is 5.57. The average Bonchev–Trinajstić information content (AvgIpc) is 2.97. The van der Waals surface area contributed by atoms with Crippen molar-refractivity contribution in [3.05, 3.63) is 40.2 Å². The van der Waals surface area contributed by atoms with Crippen LogP contribution < -0.4 is 5.32 Å². The maximum absolute atomic E-state index is 12.9. The molecule has 10 heteroatoms. The predicted molar refractivity (Wildman–Crippen MR) is 85.5 cm³/mol. The lowest BCUT2D eigenvalue weighted by atomic mass is 10.2. The number of alkyl halides is 3. The molecule has 0 radical (unpaired) electrons. The molecule has 1 aromatic carbocycles. The molecule has 2 heterocycles. The van der Waals surface area contributed by atoms with Gasteiger partial charge in [-0.2, -0.15) is 18.3 Å². The number of nitrogens with one attached hydrogen (secondary N) is 1. The third-order valence-electron chi connectivity index (χ3n) is 3.24. The molecule has 1 amide bonds. The zero-order chi connectivity index (χ0) is 17.6. The van der Waals surface area contributed by atoms with Gasteiger partial charge in [-0.3, -0.25) is 14.8 Å². The van der Waals surface area contributed by atoms with Crippen molar-refractivity contribution in [3.63, 3.8) is 0 Å². The molecule has 5 nitrogen and oxygen atoms in total. The zero-order valence-electron chi connectivity index (χ0n) is 12.4. The fraction of sp³-hybridized carbons (Fsp3) is 0.214. The molecule has 0 aliphatic carbocycles. The van der Waals surface area contributed by atoms with Gasteiger partial charge in [0, 0.05) is 7.05 Å². The Labute approximate surface area is 143 Å². The van der Waals surface area contributed by atoms with Crippen LogP contribution in [-0.4, -0.2) is 20.7 Å². The Morgan fingerprint density at radius 2 is 2.08 bits per heavy atom. The van der Waals surface area contributed by atoms with E-state index in [1.807, 2.05) is 19.1 Å². The summed E-state index contributed by atoms with van der Waals surface area (Å²) in [4.78, 5) is 16.4. The summed E-state index contributed by atoms with van der Waals surface area (Å²) in [6.07, 6.45) is -4.70. The van der Waals surface area contributed by atoms with E-state index in [-0.39, 0.29) is 5.13 Å². The molecule has 1 N–H and O–H groups in total. The van der Waals surface area contributed by atoms with Gasteiger partial charge in [0.05, 0.1) is 10.2 Å². The van der Waals surface area contributed by atoms with Gasteiger partial charge in [-0.05, 0) is 24.6 Å². The Bertz CT molecular complexity index is 948. The second kappa shape index (κ2) is 5.75. The number of amides is 1. The molecule has 0 saturated carbocycles. The highest BCUT2D eigenvalue weighted by atomic mass is 35.5. The fourth-order valence-corrected chi connectivity index (χ4v) is 3.50. The lowest BCUT2D eigenvalue weighted by molar-refractivity contribution is -0.143. The number of hydrogen-bond donors (Lipinski definition) is 1. The minimum absolute atomic E-state index is 0.260. The monoisotopic (exact) mass is 374 g/mol. The molecule has 0 saturated heterocycles.